The van der Waals surface area contributed by atoms with Crippen molar-refractivity contribution in [2.24, 2.45) is 0 Å². The van der Waals surface area contributed by atoms with Crippen LogP contribution >= 0.6 is 0 Å². The highest BCUT2D eigenvalue weighted by Crippen LogP contribution is 1.99. The Bertz CT molecular complexity index is 333. The SMILES string of the molecule is C=C(C)C(=O)ON1CCOCCOCCOCCOCCOCC1. The average Bonchev–Trinajstić information content (AvgIpc) is 2.56. The van der Waals surface area contributed by atoms with E-state index in [1.807, 2.05) is 0 Å². The van der Waals surface area contributed by atoms with Crippen LogP contribution in [0.5, 0.6) is 0 Å². The van der Waals surface area contributed by atoms with Crippen LogP contribution in [0.4, 0.5) is 0 Å². The molecule has 1 aliphatic rings. The van der Waals surface area contributed by atoms with E-state index in [0.717, 1.165) is 0 Å². The van der Waals surface area contributed by atoms with E-state index in [1.165, 1.54) is 5.06 Å². The maximum atomic E-state index is 11.6. The van der Waals surface area contributed by atoms with Crippen LogP contribution in [0.3, 0.4) is 0 Å². The van der Waals surface area contributed by atoms with Gasteiger partial charge < -0.3 is 28.5 Å². The highest BCUT2D eigenvalue weighted by molar-refractivity contribution is 5.86. The van der Waals surface area contributed by atoms with Crippen LogP contribution in [0.2, 0.25) is 0 Å². The predicted octanol–water partition coefficient (Wildman–Crippen LogP) is 0.419. The van der Waals surface area contributed by atoms with Crippen molar-refractivity contribution in [2.75, 3.05) is 79.2 Å². The summed E-state index contributed by atoms with van der Waals surface area (Å²) in [6, 6.07) is 0. The van der Waals surface area contributed by atoms with E-state index in [0.29, 0.717) is 84.7 Å². The van der Waals surface area contributed by atoms with Crippen LogP contribution in [0.15, 0.2) is 12.2 Å². The average molecular weight is 347 g/mol. The first kappa shape index (κ1) is 21.0. The van der Waals surface area contributed by atoms with Crippen LogP contribution in [0.25, 0.3) is 0 Å². The fourth-order valence-corrected chi connectivity index (χ4v) is 1.71. The quantitative estimate of drug-likeness (QED) is 0.665. The second-order valence-electron chi connectivity index (χ2n) is 5.15. The first-order chi connectivity index (χ1) is 11.7. The van der Waals surface area contributed by atoms with E-state index in [9.17, 15) is 4.79 Å². The Morgan fingerprint density at radius 3 is 1.42 bits per heavy atom. The lowest BCUT2D eigenvalue weighted by molar-refractivity contribution is -0.191. The van der Waals surface area contributed by atoms with Crippen molar-refractivity contribution in [2.45, 2.75) is 6.92 Å². The second-order valence-corrected chi connectivity index (χ2v) is 5.15. The summed E-state index contributed by atoms with van der Waals surface area (Å²) >= 11 is 0. The molecule has 24 heavy (non-hydrogen) atoms. The number of hydrogen-bond acceptors (Lipinski definition) is 8. The molecule has 0 aromatic carbocycles. The predicted molar refractivity (Wildman–Crippen MR) is 86.6 cm³/mol. The Hall–Kier alpha value is -1.03. The monoisotopic (exact) mass is 347 g/mol. The molecule has 0 radical (unpaired) electrons. The van der Waals surface area contributed by atoms with Gasteiger partial charge in [0.2, 0.25) is 0 Å². The molecule has 1 aliphatic heterocycles. The minimum atomic E-state index is -0.455. The molecule has 0 amide bonds. The maximum absolute atomic E-state index is 11.6. The third kappa shape index (κ3) is 11.5. The molecule has 0 saturated carbocycles. The van der Waals surface area contributed by atoms with Gasteiger partial charge in [-0.05, 0) is 6.92 Å². The molecule has 1 heterocycles. The first-order valence-corrected chi connectivity index (χ1v) is 8.21. The van der Waals surface area contributed by atoms with Crippen molar-refractivity contribution in [3.63, 3.8) is 0 Å². The van der Waals surface area contributed by atoms with Gasteiger partial charge in [-0.2, -0.15) is 0 Å². The lowest BCUT2D eigenvalue weighted by atomic mass is 10.4. The van der Waals surface area contributed by atoms with E-state index in [-0.39, 0.29) is 0 Å². The number of ether oxygens (including phenoxy) is 5. The molecule has 1 fully saturated rings. The van der Waals surface area contributed by atoms with E-state index < -0.39 is 5.97 Å². The summed E-state index contributed by atoms with van der Waals surface area (Å²) in [6.45, 7) is 11.0. The number of hydrogen-bond donors (Lipinski definition) is 0. The molecule has 0 N–H and O–H groups in total. The molecule has 0 unspecified atom stereocenters. The summed E-state index contributed by atoms with van der Waals surface area (Å²) in [7, 11) is 0. The maximum Gasteiger partial charge on any atom is 0.352 e. The van der Waals surface area contributed by atoms with Crippen LogP contribution < -0.4 is 0 Å². The molecule has 8 nitrogen and oxygen atoms in total. The summed E-state index contributed by atoms with van der Waals surface area (Å²) < 4.78 is 27.1. The van der Waals surface area contributed by atoms with E-state index in [2.05, 4.69) is 6.58 Å². The largest absolute Gasteiger partial charge is 0.378 e. The minimum Gasteiger partial charge on any atom is -0.378 e. The van der Waals surface area contributed by atoms with Gasteiger partial charge in [0.25, 0.3) is 0 Å². The van der Waals surface area contributed by atoms with Crippen molar-refractivity contribution in [3.05, 3.63) is 12.2 Å². The molecule has 1 saturated heterocycles. The Labute approximate surface area is 143 Å². The standard InChI is InChI=1S/C16H29NO7/c1-15(2)16(18)24-17-3-5-19-7-9-21-11-13-23-14-12-22-10-8-20-6-4-17/h1,3-14H2,2H3. The molecule has 140 valence electrons. The van der Waals surface area contributed by atoms with Gasteiger partial charge in [0.15, 0.2) is 0 Å². The number of carbonyl (C=O) groups excluding carboxylic acids is 1. The smallest absolute Gasteiger partial charge is 0.352 e. The van der Waals surface area contributed by atoms with Crippen molar-refractivity contribution >= 4 is 5.97 Å². The molecule has 8 heteroatoms. The number of rotatable bonds is 2. The van der Waals surface area contributed by atoms with Crippen molar-refractivity contribution in [1.82, 2.24) is 5.06 Å². The third-order valence-electron chi connectivity index (χ3n) is 3.02. The lowest BCUT2D eigenvalue weighted by Crippen LogP contribution is -2.34. The zero-order chi connectivity index (χ0) is 17.5. The first-order valence-electron chi connectivity index (χ1n) is 8.21. The van der Waals surface area contributed by atoms with Gasteiger partial charge in [0, 0.05) is 5.57 Å². The summed E-state index contributed by atoms with van der Waals surface area (Å²) in [5, 5.41) is 1.52. The summed E-state index contributed by atoms with van der Waals surface area (Å²) in [6.07, 6.45) is 0. The topological polar surface area (TPSA) is 75.7 Å². The van der Waals surface area contributed by atoms with Crippen LogP contribution in [-0.2, 0) is 33.3 Å². The number of hydroxylamine groups is 2. The van der Waals surface area contributed by atoms with Crippen LogP contribution in [0, 0.1) is 0 Å². The van der Waals surface area contributed by atoms with Gasteiger partial charge in [-0.3, -0.25) is 0 Å². The van der Waals surface area contributed by atoms with Crippen LogP contribution in [0.1, 0.15) is 6.92 Å². The van der Waals surface area contributed by atoms with Crippen molar-refractivity contribution < 1.29 is 33.3 Å². The lowest BCUT2D eigenvalue weighted by Gasteiger charge is -2.21. The zero-order valence-electron chi connectivity index (χ0n) is 14.5. The molecular formula is C16H29NO7. The summed E-state index contributed by atoms with van der Waals surface area (Å²) in [4.78, 5) is 16.9. The third-order valence-corrected chi connectivity index (χ3v) is 3.02. The molecular weight excluding hydrogens is 318 g/mol. The zero-order valence-corrected chi connectivity index (χ0v) is 14.5. The molecule has 0 atom stereocenters. The van der Waals surface area contributed by atoms with E-state index in [1.54, 1.807) is 6.92 Å². The van der Waals surface area contributed by atoms with Crippen molar-refractivity contribution in [1.29, 1.82) is 0 Å². The highest BCUT2D eigenvalue weighted by Gasteiger charge is 2.12. The molecule has 0 aromatic heterocycles. The van der Waals surface area contributed by atoms with Gasteiger partial charge in [0.05, 0.1) is 79.2 Å². The Kier molecular flexibility index (Phi) is 12.5. The fraction of sp³-hybridized carbons (Fsp3) is 0.812. The number of carbonyl (C=O) groups is 1. The highest BCUT2D eigenvalue weighted by atomic mass is 16.7. The van der Waals surface area contributed by atoms with Crippen LogP contribution in [-0.4, -0.2) is 90.2 Å². The normalized spacial score (nSPS) is 21.4. The summed E-state index contributed by atoms with van der Waals surface area (Å²) in [5.41, 5.74) is 0.348. The molecule has 0 bridgehead atoms. The molecule has 0 spiro atoms. The number of nitrogens with zero attached hydrogens (tertiary/aromatic N) is 1. The van der Waals surface area contributed by atoms with Gasteiger partial charge >= 0.3 is 5.97 Å². The minimum absolute atomic E-state index is 0.348. The van der Waals surface area contributed by atoms with Crippen molar-refractivity contribution in [3.8, 4) is 0 Å². The molecule has 1 rings (SSSR count). The molecule has 0 aromatic rings. The fourth-order valence-electron chi connectivity index (χ4n) is 1.71. The van der Waals surface area contributed by atoms with Gasteiger partial charge in [-0.1, -0.05) is 6.58 Å². The Morgan fingerprint density at radius 1 is 0.750 bits per heavy atom. The van der Waals surface area contributed by atoms with Gasteiger partial charge in [-0.15, -0.1) is 5.06 Å². The second kappa shape index (κ2) is 14.3. The van der Waals surface area contributed by atoms with E-state index in [4.69, 9.17) is 28.5 Å². The molecule has 0 aliphatic carbocycles. The Morgan fingerprint density at radius 2 is 1.08 bits per heavy atom. The van der Waals surface area contributed by atoms with Gasteiger partial charge in [0.1, 0.15) is 0 Å². The summed E-state index contributed by atoms with van der Waals surface area (Å²) in [5.74, 6) is -0.455. The Balaban J connectivity index is 2.34. The van der Waals surface area contributed by atoms with E-state index >= 15 is 0 Å². The van der Waals surface area contributed by atoms with Gasteiger partial charge in [-0.25, -0.2) is 4.79 Å².